The molecule has 0 spiro atoms. The monoisotopic (exact) mass is 336 g/mol. The second-order valence-corrected chi connectivity index (χ2v) is 5.30. The Bertz CT molecular complexity index is 653. The maximum absolute atomic E-state index is 14.0. The largest absolute Gasteiger partial charge is 0.494 e. The van der Waals surface area contributed by atoms with E-state index in [1.807, 2.05) is 13.0 Å². The summed E-state index contributed by atoms with van der Waals surface area (Å²) in [5, 5.41) is 0. The molecule has 0 unspecified atom stereocenters. The maximum Gasteiger partial charge on any atom is 0.168 e. The second-order valence-electron chi connectivity index (χ2n) is 4.45. The molecule has 0 atom stereocenters. The third-order valence-electron chi connectivity index (χ3n) is 3.18. The van der Waals surface area contributed by atoms with Gasteiger partial charge < -0.3 is 4.74 Å². The summed E-state index contributed by atoms with van der Waals surface area (Å²) in [5.41, 5.74) is 1.80. The van der Waals surface area contributed by atoms with Crippen LogP contribution in [0, 0.1) is 12.7 Å². The maximum atomic E-state index is 14.0. The average Bonchev–Trinajstić information content (AvgIpc) is 2.44. The molecule has 2 aromatic rings. The number of rotatable bonds is 4. The quantitative estimate of drug-likeness (QED) is 0.776. The molecule has 0 aromatic heterocycles. The predicted molar refractivity (Wildman–Crippen MR) is 79.9 cm³/mol. The van der Waals surface area contributed by atoms with E-state index in [4.69, 9.17) is 4.74 Å². The van der Waals surface area contributed by atoms with Crippen molar-refractivity contribution in [2.75, 3.05) is 7.11 Å². The SMILES string of the molecule is COc1cccc(CC(=O)c2cccc(Br)c2C)c1F. The number of methoxy groups -OCH3 is 1. The van der Waals surface area contributed by atoms with Crippen molar-refractivity contribution in [3.05, 3.63) is 63.4 Å². The zero-order valence-electron chi connectivity index (χ0n) is 11.2. The molecule has 0 saturated carbocycles. The summed E-state index contributed by atoms with van der Waals surface area (Å²) in [7, 11) is 1.41. The minimum Gasteiger partial charge on any atom is -0.494 e. The third-order valence-corrected chi connectivity index (χ3v) is 4.04. The van der Waals surface area contributed by atoms with Crippen molar-refractivity contribution in [3.8, 4) is 5.75 Å². The van der Waals surface area contributed by atoms with Crippen LogP contribution in [0.5, 0.6) is 5.75 Å². The van der Waals surface area contributed by atoms with Gasteiger partial charge in [-0.25, -0.2) is 4.39 Å². The third kappa shape index (κ3) is 2.90. The number of halogens is 2. The molecule has 0 aliphatic rings. The summed E-state index contributed by atoms with van der Waals surface area (Å²) in [6.07, 6.45) is 0.0142. The lowest BCUT2D eigenvalue weighted by Gasteiger charge is -2.09. The first-order valence-electron chi connectivity index (χ1n) is 6.14. The van der Waals surface area contributed by atoms with Crippen molar-refractivity contribution < 1.29 is 13.9 Å². The Hall–Kier alpha value is -1.68. The van der Waals surface area contributed by atoms with Crippen molar-refractivity contribution >= 4 is 21.7 Å². The molecule has 2 rings (SSSR count). The summed E-state index contributed by atoms with van der Waals surface area (Å²) in [6.45, 7) is 1.86. The van der Waals surface area contributed by atoms with Crippen LogP contribution >= 0.6 is 15.9 Å². The molecular weight excluding hydrogens is 323 g/mol. The molecule has 0 fully saturated rings. The standard InChI is InChI=1S/C16H14BrFO2/c1-10-12(6-4-7-13(10)17)14(19)9-11-5-3-8-15(20-2)16(11)18/h3-8H,9H2,1-2H3. The van der Waals surface area contributed by atoms with E-state index in [0.717, 1.165) is 10.0 Å². The van der Waals surface area contributed by atoms with Crippen LogP contribution in [0.3, 0.4) is 0 Å². The lowest BCUT2D eigenvalue weighted by Crippen LogP contribution is -2.08. The lowest BCUT2D eigenvalue weighted by atomic mass is 9.99. The minimum absolute atomic E-state index is 0.0142. The van der Waals surface area contributed by atoms with Gasteiger partial charge in [0, 0.05) is 16.5 Å². The first-order chi connectivity index (χ1) is 9.54. The van der Waals surface area contributed by atoms with E-state index in [2.05, 4.69) is 15.9 Å². The number of hydrogen-bond donors (Lipinski definition) is 0. The van der Waals surface area contributed by atoms with Crippen molar-refractivity contribution in [3.63, 3.8) is 0 Å². The molecule has 0 heterocycles. The van der Waals surface area contributed by atoms with E-state index < -0.39 is 5.82 Å². The molecule has 4 heteroatoms. The number of hydrogen-bond acceptors (Lipinski definition) is 2. The Kier molecular flexibility index (Phi) is 4.55. The Labute approximate surface area is 125 Å². The van der Waals surface area contributed by atoms with E-state index in [1.54, 1.807) is 24.3 Å². The number of carbonyl (C=O) groups is 1. The smallest absolute Gasteiger partial charge is 0.168 e. The molecule has 0 amide bonds. The molecule has 0 bridgehead atoms. The van der Waals surface area contributed by atoms with Gasteiger partial charge in [0.15, 0.2) is 17.3 Å². The number of ketones is 1. The van der Waals surface area contributed by atoms with Crippen LogP contribution in [0.4, 0.5) is 4.39 Å². The molecule has 0 radical (unpaired) electrons. The second kappa shape index (κ2) is 6.18. The average molecular weight is 337 g/mol. The molecule has 2 nitrogen and oxygen atoms in total. The van der Waals surface area contributed by atoms with Gasteiger partial charge in [0.25, 0.3) is 0 Å². The van der Waals surface area contributed by atoms with Crippen molar-refractivity contribution in [1.29, 1.82) is 0 Å². The summed E-state index contributed by atoms with van der Waals surface area (Å²) in [5.74, 6) is -0.437. The molecule has 0 aliphatic carbocycles. The summed E-state index contributed by atoms with van der Waals surface area (Å²) >= 11 is 3.39. The van der Waals surface area contributed by atoms with E-state index in [-0.39, 0.29) is 18.0 Å². The van der Waals surface area contributed by atoms with Gasteiger partial charge in [-0.2, -0.15) is 0 Å². The van der Waals surface area contributed by atoms with Crippen LogP contribution in [-0.2, 0) is 6.42 Å². The number of ether oxygens (including phenoxy) is 1. The summed E-state index contributed by atoms with van der Waals surface area (Å²) in [4.78, 5) is 12.3. The fraction of sp³-hybridized carbons (Fsp3) is 0.188. The summed E-state index contributed by atoms with van der Waals surface area (Å²) in [6, 6.07) is 10.2. The Morgan fingerprint density at radius 2 is 1.95 bits per heavy atom. The molecule has 20 heavy (non-hydrogen) atoms. The van der Waals surface area contributed by atoms with E-state index in [1.165, 1.54) is 13.2 Å². The van der Waals surface area contributed by atoms with Gasteiger partial charge in [-0.15, -0.1) is 0 Å². The lowest BCUT2D eigenvalue weighted by molar-refractivity contribution is 0.0991. The van der Waals surface area contributed by atoms with Crippen molar-refractivity contribution in [2.45, 2.75) is 13.3 Å². The topological polar surface area (TPSA) is 26.3 Å². The normalized spacial score (nSPS) is 10.4. The van der Waals surface area contributed by atoms with Gasteiger partial charge in [0.2, 0.25) is 0 Å². The summed E-state index contributed by atoms with van der Waals surface area (Å²) < 4.78 is 19.8. The molecule has 2 aromatic carbocycles. The first kappa shape index (κ1) is 14.7. The highest BCUT2D eigenvalue weighted by Gasteiger charge is 2.15. The van der Waals surface area contributed by atoms with E-state index in [0.29, 0.717) is 11.1 Å². The van der Waals surface area contributed by atoms with Gasteiger partial charge >= 0.3 is 0 Å². The zero-order valence-corrected chi connectivity index (χ0v) is 12.8. The number of benzene rings is 2. The van der Waals surface area contributed by atoms with Crippen LogP contribution < -0.4 is 4.74 Å². The highest BCUT2D eigenvalue weighted by atomic mass is 79.9. The molecule has 0 saturated heterocycles. The zero-order chi connectivity index (χ0) is 14.7. The molecular formula is C16H14BrFO2. The van der Waals surface area contributed by atoms with Crippen LogP contribution in [-0.4, -0.2) is 12.9 Å². The predicted octanol–water partition coefficient (Wildman–Crippen LogP) is 4.33. The van der Waals surface area contributed by atoms with Crippen molar-refractivity contribution in [1.82, 2.24) is 0 Å². The Morgan fingerprint density at radius 1 is 1.25 bits per heavy atom. The number of carbonyl (C=O) groups excluding carboxylic acids is 1. The fourth-order valence-electron chi connectivity index (χ4n) is 2.03. The highest BCUT2D eigenvalue weighted by Crippen LogP contribution is 2.24. The van der Waals surface area contributed by atoms with Crippen LogP contribution in [0.25, 0.3) is 0 Å². The van der Waals surface area contributed by atoms with Crippen LogP contribution in [0.2, 0.25) is 0 Å². The van der Waals surface area contributed by atoms with Gasteiger partial charge in [0.05, 0.1) is 7.11 Å². The fourth-order valence-corrected chi connectivity index (χ4v) is 2.39. The van der Waals surface area contributed by atoms with Gasteiger partial charge in [-0.05, 0) is 30.2 Å². The van der Waals surface area contributed by atoms with Gasteiger partial charge in [-0.3, -0.25) is 4.79 Å². The first-order valence-corrected chi connectivity index (χ1v) is 6.93. The number of Topliss-reactive ketones (excluding diaryl/α,β-unsaturated/α-hetero) is 1. The highest BCUT2D eigenvalue weighted by molar-refractivity contribution is 9.10. The van der Waals surface area contributed by atoms with Crippen LogP contribution in [0.1, 0.15) is 21.5 Å². The van der Waals surface area contributed by atoms with E-state index >= 15 is 0 Å². The molecule has 0 aliphatic heterocycles. The van der Waals surface area contributed by atoms with Crippen LogP contribution in [0.15, 0.2) is 40.9 Å². The Balaban J connectivity index is 2.31. The Morgan fingerprint density at radius 3 is 2.65 bits per heavy atom. The molecule has 104 valence electrons. The molecule has 0 N–H and O–H groups in total. The van der Waals surface area contributed by atoms with Gasteiger partial charge in [0.1, 0.15) is 0 Å². The minimum atomic E-state index is -0.476. The van der Waals surface area contributed by atoms with Crippen molar-refractivity contribution in [2.24, 2.45) is 0 Å². The van der Waals surface area contributed by atoms with Gasteiger partial charge in [-0.1, -0.05) is 40.2 Å². The van der Waals surface area contributed by atoms with E-state index in [9.17, 15) is 9.18 Å².